The van der Waals surface area contributed by atoms with Crippen LogP contribution in [0.25, 0.3) is 0 Å². The lowest BCUT2D eigenvalue weighted by Crippen LogP contribution is -2.45. The van der Waals surface area contributed by atoms with Gasteiger partial charge in [0, 0.05) is 6.04 Å². The van der Waals surface area contributed by atoms with E-state index in [9.17, 15) is 43.2 Å². The maximum Gasteiger partial charge on any atom is 0.573 e. The minimum Gasteiger partial charge on any atom is -0.406 e. The minimum atomic E-state index is -4.96. The van der Waals surface area contributed by atoms with Crippen molar-refractivity contribution in [2.45, 2.75) is 59.1 Å². The van der Waals surface area contributed by atoms with Crippen LogP contribution in [0, 0.1) is 0 Å². The molecule has 0 spiro atoms. The van der Waals surface area contributed by atoms with E-state index in [0.717, 1.165) is 36.4 Å². The zero-order chi connectivity index (χ0) is 26.3. The molecule has 1 fully saturated rings. The summed E-state index contributed by atoms with van der Waals surface area (Å²) in [7, 11) is -9.08. The van der Waals surface area contributed by atoms with Gasteiger partial charge in [-0.25, -0.2) is 25.9 Å². The van der Waals surface area contributed by atoms with Crippen molar-refractivity contribution in [1.82, 2.24) is 4.72 Å². The van der Waals surface area contributed by atoms with Gasteiger partial charge in [-0.2, -0.15) is 13.2 Å². The summed E-state index contributed by atoms with van der Waals surface area (Å²) >= 11 is 0. The van der Waals surface area contributed by atoms with Crippen molar-refractivity contribution in [2.75, 3.05) is 0 Å². The van der Waals surface area contributed by atoms with Crippen LogP contribution in [0.3, 0.4) is 0 Å². The molecule has 2 aromatic rings. The van der Waals surface area contributed by atoms with Crippen molar-refractivity contribution >= 4 is 19.9 Å². The summed E-state index contributed by atoms with van der Waals surface area (Å²) in [4.78, 5) is -1.24. The Bertz CT molecular complexity index is 1270. The van der Waals surface area contributed by atoms with Crippen LogP contribution in [0.15, 0.2) is 58.3 Å². The molecule has 2 aromatic carbocycles. The van der Waals surface area contributed by atoms with Gasteiger partial charge in [-0.1, -0.05) is 6.07 Å². The third-order valence-electron chi connectivity index (χ3n) is 5.37. The number of alkyl halides is 7. The topological polar surface area (TPSA) is 89.5 Å². The molecule has 1 aliphatic carbocycles. The first-order valence-corrected chi connectivity index (χ1v) is 12.9. The summed E-state index contributed by atoms with van der Waals surface area (Å²) < 4.78 is 147. The van der Waals surface area contributed by atoms with Crippen LogP contribution in [0.2, 0.25) is 0 Å². The molecule has 1 aliphatic rings. The second-order valence-electron chi connectivity index (χ2n) is 7.83. The number of sulfonamides is 1. The molecule has 15 heteroatoms. The highest BCUT2D eigenvalue weighted by molar-refractivity contribution is 7.92. The van der Waals surface area contributed by atoms with Crippen molar-refractivity contribution in [3.63, 3.8) is 0 Å². The molecule has 6 nitrogen and oxygen atoms in total. The maximum absolute atomic E-state index is 15.4. The van der Waals surface area contributed by atoms with E-state index >= 15 is 4.39 Å². The number of hydrogen-bond donors (Lipinski definition) is 1. The van der Waals surface area contributed by atoms with E-state index in [1.54, 1.807) is 0 Å². The average molecular weight is 549 g/mol. The maximum atomic E-state index is 15.4. The molecular formula is C20H18F7NO5S2. The standard InChI is InChI=1S/C20H18F7NO5S2/c21-18(34(29,30)17-3-1-2-13(12-17)19(22,23)24)10-8-14(9-11-18)28-35(31,32)16-6-4-15(5-7-16)33-20(25,26)27/h1-7,12,14,28H,8-11H2/t14-,18+. The monoisotopic (exact) mass is 549 g/mol. The van der Waals surface area contributed by atoms with E-state index in [0.29, 0.717) is 12.1 Å². The summed E-state index contributed by atoms with van der Waals surface area (Å²) in [5.41, 5.74) is -1.25. The van der Waals surface area contributed by atoms with Gasteiger partial charge in [-0.05, 0) is 68.1 Å². The Balaban J connectivity index is 1.70. The summed E-state index contributed by atoms with van der Waals surface area (Å²) in [5.74, 6) is -0.642. The molecule has 0 radical (unpaired) electrons. The lowest BCUT2D eigenvalue weighted by atomic mass is 9.94. The largest absolute Gasteiger partial charge is 0.573 e. The van der Waals surface area contributed by atoms with E-state index < -0.39 is 77.4 Å². The van der Waals surface area contributed by atoms with Crippen molar-refractivity contribution < 1.29 is 52.3 Å². The van der Waals surface area contributed by atoms with Gasteiger partial charge in [-0.3, -0.25) is 0 Å². The van der Waals surface area contributed by atoms with Gasteiger partial charge < -0.3 is 4.74 Å². The van der Waals surface area contributed by atoms with E-state index in [-0.39, 0.29) is 12.8 Å². The van der Waals surface area contributed by atoms with Crippen LogP contribution in [-0.4, -0.2) is 34.2 Å². The lowest BCUT2D eigenvalue weighted by molar-refractivity contribution is -0.274. The fraction of sp³-hybridized carbons (Fsp3) is 0.400. The lowest BCUT2D eigenvalue weighted by Gasteiger charge is -2.33. The highest BCUT2D eigenvalue weighted by Gasteiger charge is 2.48. The van der Waals surface area contributed by atoms with Crippen LogP contribution >= 0.6 is 0 Å². The highest BCUT2D eigenvalue weighted by Crippen LogP contribution is 2.41. The zero-order valence-corrected chi connectivity index (χ0v) is 19.2. The Labute approximate surface area is 196 Å². The quantitative estimate of drug-likeness (QED) is 0.515. The second-order valence-corrected chi connectivity index (χ2v) is 11.8. The Morgan fingerprint density at radius 3 is 1.94 bits per heavy atom. The van der Waals surface area contributed by atoms with Crippen LogP contribution in [0.5, 0.6) is 5.75 Å². The zero-order valence-electron chi connectivity index (χ0n) is 17.5. The second kappa shape index (κ2) is 9.24. The van der Waals surface area contributed by atoms with Gasteiger partial charge >= 0.3 is 12.5 Å². The van der Waals surface area contributed by atoms with E-state index in [1.807, 2.05) is 0 Å². The fourth-order valence-electron chi connectivity index (χ4n) is 3.59. The molecule has 194 valence electrons. The van der Waals surface area contributed by atoms with Gasteiger partial charge in [0.25, 0.3) is 0 Å². The molecule has 0 aliphatic heterocycles. The van der Waals surface area contributed by atoms with Crippen LogP contribution in [0.1, 0.15) is 31.2 Å². The normalized spacial score (nSPS) is 22.1. The predicted molar refractivity (Wildman–Crippen MR) is 108 cm³/mol. The van der Waals surface area contributed by atoms with Gasteiger partial charge in [0.2, 0.25) is 24.9 Å². The van der Waals surface area contributed by atoms with Gasteiger partial charge in [0.1, 0.15) is 5.75 Å². The van der Waals surface area contributed by atoms with Gasteiger partial charge in [0.05, 0.1) is 15.4 Å². The van der Waals surface area contributed by atoms with Crippen molar-refractivity contribution in [3.05, 3.63) is 54.1 Å². The van der Waals surface area contributed by atoms with Gasteiger partial charge in [-0.15, -0.1) is 13.2 Å². The summed E-state index contributed by atoms with van der Waals surface area (Å²) in [5, 5.41) is -2.91. The third kappa shape index (κ3) is 6.25. The smallest absolute Gasteiger partial charge is 0.406 e. The number of benzene rings is 2. The van der Waals surface area contributed by atoms with Crippen LogP contribution in [0.4, 0.5) is 30.7 Å². The molecule has 0 unspecified atom stereocenters. The molecule has 1 N–H and O–H groups in total. The Hall–Kier alpha value is -2.39. The Kier molecular flexibility index (Phi) is 7.18. The molecule has 35 heavy (non-hydrogen) atoms. The molecular weight excluding hydrogens is 531 g/mol. The number of sulfone groups is 1. The molecule has 0 saturated heterocycles. The highest BCUT2D eigenvalue weighted by atomic mass is 32.2. The number of halogens is 7. The summed E-state index contributed by atoms with van der Waals surface area (Å²) in [6.07, 6.45) is -11.7. The first-order chi connectivity index (χ1) is 15.9. The van der Waals surface area contributed by atoms with Crippen LogP contribution < -0.4 is 9.46 Å². The molecule has 3 rings (SSSR count). The molecule has 0 amide bonds. The first kappa shape index (κ1) is 27.2. The van der Waals surface area contributed by atoms with Crippen LogP contribution in [-0.2, 0) is 26.0 Å². The van der Waals surface area contributed by atoms with E-state index in [1.165, 1.54) is 0 Å². The molecule has 0 aromatic heterocycles. The van der Waals surface area contributed by atoms with Crippen molar-refractivity contribution in [1.29, 1.82) is 0 Å². The number of hydrogen-bond acceptors (Lipinski definition) is 5. The SMILES string of the molecule is O=S(=O)(N[C@H]1CC[C@@](F)(S(=O)(=O)c2cccc(C(F)(F)F)c2)CC1)c1ccc(OC(F)(F)F)cc1. The van der Waals surface area contributed by atoms with Gasteiger partial charge in [0.15, 0.2) is 0 Å². The minimum absolute atomic E-state index is 0.289. The molecule has 0 atom stereocenters. The number of nitrogens with one attached hydrogen (secondary N) is 1. The Morgan fingerprint density at radius 2 is 1.43 bits per heavy atom. The molecule has 0 bridgehead atoms. The number of rotatable bonds is 6. The predicted octanol–water partition coefficient (Wildman–Crippen LogP) is 4.96. The molecule has 1 saturated carbocycles. The average Bonchev–Trinajstić information content (AvgIpc) is 2.74. The van der Waals surface area contributed by atoms with Crippen molar-refractivity contribution in [2.24, 2.45) is 0 Å². The van der Waals surface area contributed by atoms with Crippen molar-refractivity contribution in [3.8, 4) is 5.75 Å². The van der Waals surface area contributed by atoms with E-state index in [2.05, 4.69) is 9.46 Å². The third-order valence-corrected chi connectivity index (χ3v) is 9.16. The summed E-state index contributed by atoms with van der Waals surface area (Å²) in [6, 6.07) is 5.10. The summed E-state index contributed by atoms with van der Waals surface area (Å²) in [6.45, 7) is 0. The molecule has 0 heterocycles. The fourth-order valence-corrected chi connectivity index (χ4v) is 6.63. The van der Waals surface area contributed by atoms with E-state index in [4.69, 9.17) is 0 Å². The Morgan fingerprint density at radius 1 is 0.857 bits per heavy atom. The number of ether oxygens (including phenoxy) is 1. The first-order valence-electron chi connectivity index (χ1n) is 9.92.